The van der Waals surface area contributed by atoms with E-state index in [1.165, 1.54) is 17.2 Å². The van der Waals surface area contributed by atoms with Crippen LogP contribution in [0.2, 0.25) is 0 Å². The lowest BCUT2D eigenvalue weighted by Crippen LogP contribution is -2.51. The first-order valence-corrected chi connectivity index (χ1v) is 9.53. The molecule has 1 aliphatic heterocycles. The Morgan fingerprint density at radius 2 is 1.90 bits per heavy atom. The molecule has 2 atom stereocenters. The zero-order chi connectivity index (χ0) is 22.0. The first-order chi connectivity index (χ1) is 14.8. The van der Waals surface area contributed by atoms with Crippen LogP contribution in [0.1, 0.15) is 35.8 Å². The number of likely N-dealkylation sites (tertiary alicyclic amines) is 1. The van der Waals surface area contributed by atoms with Crippen LogP contribution >= 0.6 is 0 Å². The second kappa shape index (κ2) is 8.28. The van der Waals surface area contributed by atoms with E-state index in [4.69, 9.17) is 4.74 Å². The number of hydrogen-bond acceptors (Lipinski definition) is 7. The van der Waals surface area contributed by atoms with Crippen molar-refractivity contribution >= 4 is 5.91 Å². The van der Waals surface area contributed by atoms with Gasteiger partial charge in [-0.2, -0.15) is 23.4 Å². The van der Waals surface area contributed by atoms with Gasteiger partial charge in [0, 0.05) is 12.7 Å². The molecule has 4 heterocycles. The standard InChI is InChI=1S/C19H18F3N7O2/c1-12-14(31-16-11-24-15(10-25-16)19(20,21)22)5-3-9-28(12)18(30)13-4-2-6-23-17(13)29-26-7-8-27-29/h2,4,6-8,10-12,14H,3,5,9H2,1H3. The normalized spacial score (nSPS) is 19.3. The third-order valence-electron chi connectivity index (χ3n) is 4.99. The maximum atomic E-state index is 13.3. The summed E-state index contributed by atoms with van der Waals surface area (Å²) in [5.74, 6) is 0.0167. The fraction of sp³-hybridized carbons (Fsp3) is 0.368. The molecule has 0 N–H and O–H groups in total. The Kier molecular flexibility index (Phi) is 5.53. The predicted molar refractivity (Wildman–Crippen MR) is 100 cm³/mol. The van der Waals surface area contributed by atoms with Gasteiger partial charge >= 0.3 is 6.18 Å². The predicted octanol–water partition coefficient (Wildman–Crippen LogP) is 2.54. The van der Waals surface area contributed by atoms with Crippen molar-refractivity contribution < 1.29 is 22.7 Å². The Hall–Kier alpha value is -3.57. The van der Waals surface area contributed by atoms with E-state index < -0.39 is 18.0 Å². The van der Waals surface area contributed by atoms with Crippen LogP contribution in [0, 0.1) is 0 Å². The first kappa shape index (κ1) is 20.7. The number of hydrogen-bond donors (Lipinski definition) is 0. The van der Waals surface area contributed by atoms with Gasteiger partial charge in [0.1, 0.15) is 6.10 Å². The van der Waals surface area contributed by atoms with E-state index in [0.717, 1.165) is 6.20 Å². The number of ether oxygens (including phenoxy) is 1. The van der Waals surface area contributed by atoms with Gasteiger partial charge in [0.15, 0.2) is 11.5 Å². The van der Waals surface area contributed by atoms with Crippen molar-refractivity contribution in [3.63, 3.8) is 0 Å². The lowest BCUT2D eigenvalue weighted by Gasteiger charge is -2.39. The molecule has 162 valence electrons. The van der Waals surface area contributed by atoms with Crippen LogP contribution in [0.5, 0.6) is 5.88 Å². The van der Waals surface area contributed by atoms with Gasteiger partial charge in [-0.15, -0.1) is 4.80 Å². The molecule has 1 amide bonds. The van der Waals surface area contributed by atoms with Crippen molar-refractivity contribution in [3.8, 4) is 11.7 Å². The van der Waals surface area contributed by atoms with Crippen LogP contribution in [0.3, 0.4) is 0 Å². The minimum atomic E-state index is -4.57. The summed E-state index contributed by atoms with van der Waals surface area (Å²) in [4.78, 5) is 27.5. The second-order valence-corrected chi connectivity index (χ2v) is 6.97. The summed E-state index contributed by atoms with van der Waals surface area (Å²) in [6.07, 6.45) is 2.35. The molecular formula is C19H18F3N7O2. The lowest BCUT2D eigenvalue weighted by molar-refractivity contribution is -0.141. The third kappa shape index (κ3) is 4.32. The molecule has 0 spiro atoms. The molecule has 1 aliphatic rings. The van der Waals surface area contributed by atoms with E-state index >= 15 is 0 Å². The van der Waals surface area contributed by atoms with Crippen LogP contribution in [-0.2, 0) is 6.18 Å². The lowest BCUT2D eigenvalue weighted by atomic mass is 9.99. The Morgan fingerprint density at radius 3 is 2.58 bits per heavy atom. The molecule has 1 fully saturated rings. The van der Waals surface area contributed by atoms with Crippen LogP contribution in [0.25, 0.3) is 5.82 Å². The molecule has 0 saturated carbocycles. The van der Waals surface area contributed by atoms with Crippen molar-refractivity contribution in [3.05, 3.63) is 54.4 Å². The molecule has 31 heavy (non-hydrogen) atoms. The van der Waals surface area contributed by atoms with Crippen molar-refractivity contribution in [1.82, 2.24) is 34.8 Å². The number of amides is 1. The number of nitrogens with zero attached hydrogens (tertiary/aromatic N) is 7. The number of pyridine rings is 1. The molecule has 1 saturated heterocycles. The average molecular weight is 433 g/mol. The average Bonchev–Trinajstić information content (AvgIpc) is 3.29. The summed E-state index contributed by atoms with van der Waals surface area (Å²) in [7, 11) is 0. The van der Waals surface area contributed by atoms with Gasteiger partial charge in [0.25, 0.3) is 5.91 Å². The molecular weight excluding hydrogens is 415 g/mol. The highest BCUT2D eigenvalue weighted by Gasteiger charge is 2.36. The first-order valence-electron chi connectivity index (χ1n) is 9.53. The third-order valence-corrected chi connectivity index (χ3v) is 4.99. The quantitative estimate of drug-likeness (QED) is 0.624. The van der Waals surface area contributed by atoms with Gasteiger partial charge in [0.05, 0.1) is 36.4 Å². The van der Waals surface area contributed by atoms with Crippen molar-refractivity contribution in [1.29, 1.82) is 0 Å². The topological polar surface area (TPSA) is 98.9 Å². The number of halogens is 3. The monoisotopic (exact) mass is 433 g/mol. The van der Waals surface area contributed by atoms with Crippen molar-refractivity contribution in [2.45, 2.75) is 38.1 Å². The van der Waals surface area contributed by atoms with E-state index in [2.05, 4.69) is 25.1 Å². The summed E-state index contributed by atoms with van der Waals surface area (Å²) in [6.45, 7) is 2.32. The molecule has 0 aliphatic carbocycles. The summed E-state index contributed by atoms with van der Waals surface area (Å²) < 4.78 is 43.8. The van der Waals surface area contributed by atoms with E-state index in [0.29, 0.717) is 37.0 Å². The Bertz CT molecular complexity index is 1040. The highest BCUT2D eigenvalue weighted by molar-refractivity contribution is 5.97. The van der Waals surface area contributed by atoms with Gasteiger partial charge in [0.2, 0.25) is 5.88 Å². The minimum absolute atomic E-state index is 0.0260. The molecule has 0 aromatic carbocycles. The number of aromatic nitrogens is 6. The zero-order valence-corrected chi connectivity index (χ0v) is 16.4. The van der Waals surface area contributed by atoms with Gasteiger partial charge < -0.3 is 9.64 Å². The van der Waals surface area contributed by atoms with Gasteiger partial charge in [-0.05, 0) is 31.9 Å². The molecule has 4 rings (SSSR count). The second-order valence-electron chi connectivity index (χ2n) is 6.97. The molecule has 3 aromatic rings. The Morgan fingerprint density at radius 1 is 1.13 bits per heavy atom. The van der Waals surface area contributed by atoms with Gasteiger partial charge in [-0.3, -0.25) is 4.79 Å². The Labute approximate surface area is 174 Å². The maximum absolute atomic E-state index is 13.3. The van der Waals surface area contributed by atoms with Crippen LogP contribution in [-0.4, -0.2) is 59.4 Å². The largest absolute Gasteiger partial charge is 0.471 e. The zero-order valence-electron chi connectivity index (χ0n) is 16.4. The van der Waals surface area contributed by atoms with Gasteiger partial charge in [-0.25, -0.2) is 15.0 Å². The molecule has 12 heteroatoms. The fourth-order valence-corrected chi connectivity index (χ4v) is 3.43. The number of carbonyl (C=O) groups is 1. The summed E-state index contributed by atoms with van der Waals surface area (Å²) in [5, 5.41) is 8.08. The number of alkyl halides is 3. The number of piperidine rings is 1. The van der Waals surface area contributed by atoms with E-state index in [9.17, 15) is 18.0 Å². The maximum Gasteiger partial charge on any atom is 0.434 e. The molecule has 2 unspecified atom stereocenters. The van der Waals surface area contributed by atoms with E-state index in [-0.39, 0.29) is 17.8 Å². The number of rotatable bonds is 4. The molecule has 0 radical (unpaired) electrons. The summed E-state index contributed by atoms with van der Waals surface area (Å²) >= 11 is 0. The Balaban J connectivity index is 1.52. The van der Waals surface area contributed by atoms with Crippen LogP contribution < -0.4 is 4.74 Å². The van der Waals surface area contributed by atoms with Crippen molar-refractivity contribution in [2.24, 2.45) is 0 Å². The molecule has 0 bridgehead atoms. The van der Waals surface area contributed by atoms with Gasteiger partial charge in [-0.1, -0.05) is 0 Å². The van der Waals surface area contributed by atoms with E-state index in [1.807, 2.05) is 6.92 Å². The molecule has 9 nitrogen and oxygen atoms in total. The van der Waals surface area contributed by atoms with E-state index in [1.54, 1.807) is 23.2 Å². The highest BCUT2D eigenvalue weighted by atomic mass is 19.4. The fourth-order valence-electron chi connectivity index (χ4n) is 3.43. The smallest absolute Gasteiger partial charge is 0.434 e. The summed E-state index contributed by atoms with van der Waals surface area (Å²) in [6, 6.07) is 2.94. The summed E-state index contributed by atoms with van der Waals surface area (Å²) in [5.41, 5.74) is -0.759. The van der Waals surface area contributed by atoms with Crippen molar-refractivity contribution in [2.75, 3.05) is 6.54 Å². The molecule has 3 aromatic heterocycles. The van der Waals surface area contributed by atoms with Crippen LogP contribution in [0.15, 0.2) is 43.1 Å². The SMILES string of the molecule is CC1C(Oc2cnc(C(F)(F)F)cn2)CCCN1C(=O)c1cccnc1-n1nccn1. The number of carbonyl (C=O) groups excluding carboxylic acids is 1. The highest BCUT2D eigenvalue weighted by Crippen LogP contribution is 2.28. The van der Waals surface area contributed by atoms with Crippen LogP contribution in [0.4, 0.5) is 13.2 Å². The minimum Gasteiger partial charge on any atom is -0.471 e.